The molecule has 0 spiro atoms. The lowest BCUT2D eigenvalue weighted by Gasteiger charge is -2.20. The Morgan fingerprint density at radius 2 is 1.82 bits per heavy atom. The SMILES string of the molecule is CC(C)c1ccccc1OCCCn1c(CCCNC(=O)C2CCCCC2)nc2ccccc21. The van der Waals surface area contributed by atoms with E-state index in [1.807, 2.05) is 12.1 Å². The fourth-order valence-corrected chi connectivity index (χ4v) is 5.03. The molecule has 0 unspecified atom stereocenters. The minimum Gasteiger partial charge on any atom is -0.493 e. The van der Waals surface area contributed by atoms with Gasteiger partial charge in [0.1, 0.15) is 11.6 Å². The zero-order valence-corrected chi connectivity index (χ0v) is 20.8. The topological polar surface area (TPSA) is 56.1 Å². The number of carbonyl (C=O) groups excluding carboxylic acids is 1. The van der Waals surface area contributed by atoms with Gasteiger partial charge in [-0.15, -0.1) is 0 Å². The molecular weight excluding hydrogens is 422 g/mol. The summed E-state index contributed by atoms with van der Waals surface area (Å²) in [6, 6.07) is 16.7. The van der Waals surface area contributed by atoms with E-state index in [1.54, 1.807) is 0 Å². The molecule has 5 heteroatoms. The van der Waals surface area contributed by atoms with Crippen molar-refractivity contribution in [2.24, 2.45) is 5.92 Å². The minimum absolute atomic E-state index is 0.221. The Hall–Kier alpha value is -2.82. The number of benzene rings is 2. The predicted octanol–water partition coefficient (Wildman–Crippen LogP) is 6.26. The van der Waals surface area contributed by atoms with Gasteiger partial charge >= 0.3 is 0 Å². The molecule has 0 saturated heterocycles. The number of aromatic nitrogens is 2. The van der Waals surface area contributed by atoms with Gasteiger partial charge in [-0.05, 0) is 55.4 Å². The van der Waals surface area contributed by atoms with Gasteiger partial charge in [0.15, 0.2) is 0 Å². The molecule has 1 fully saturated rings. The number of amides is 1. The largest absolute Gasteiger partial charge is 0.493 e. The molecule has 3 aromatic rings. The third-order valence-electron chi connectivity index (χ3n) is 6.91. The number of para-hydroxylation sites is 3. The third-order valence-corrected chi connectivity index (χ3v) is 6.91. The highest BCUT2D eigenvalue weighted by molar-refractivity contribution is 5.78. The highest BCUT2D eigenvalue weighted by Gasteiger charge is 2.20. The van der Waals surface area contributed by atoms with E-state index < -0.39 is 0 Å². The second-order valence-corrected chi connectivity index (χ2v) is 9.79. The number of rotatable bonds is 11. The van der Waals surface area contributed by atoms with Crippen LogP contribution in [0, 0.1) is 5.92 Å². The molecule has 0 aliphatic heterocycles. The van der Waals surface area contributed by atoms with Gasteiger partial charge in [-0.3, -0.25) is 4.79 Å². The monoisotopic (exact) mass is 461 g/mol. The molecule has 2 aromatic carbocycles. The Morgan fingerprint density at radius 3 is 2.65 bits per heavy atom. The standard InChI is InChI=1S/C29H39N3O2/c1-22(2)24-14-6-9-17-27(24)34-21-11-20-32-26-16-8-7-15-25(26)31-28(32)18-10-19-30-29(33)23-12-4-3-5-13-23/h6-9,14-17,22-23H,3-5,10-13,18-21H2,1-2H3,(H,30,33). The van der Waals surface area contributed by atoms with Gasteiger partial charge in [0, 0.05) is 25.4 Å². The van der Waals surface area contributed by atoms with Crippen molar-refractivity contribution >= 4 is 16.9 Å². The second kappa shape index (κ2) is 12.0. The number of hydrogen-bond donors (Lipinski definition) is 1. The zero-order valence-electron chi connectivity index (χ0n) is 20.8. The molecule has 1 aromatic heterocycles. The first-order valence-corrected chi connectivity index (χ1v) is 13.1. The number of nitrogens with zero attached hydrogens (tertiary/aromatic N) is 2. The Morgan fingerprint density at radius 1 is 1.06 bits per heavy atom. The van der Waals surface area contributed by atoms with Crippen molar-refractivity contribution in [3.05, 3.63) is 59.9 Å². The summed E-state index contributed by atoms with van der Waals surface area (Å²) in [5.41, 5.74) is 3.47. The van der Waals surface area contributed by atoms with Gasteiger partial charge in [0.2, 0.25) is 5.91 Å². The van der Waals surface area contributed by atoms with E-state index in [4.69, 9.17) is 9.72 Å². The van der Waals surface area contributed by atoms with E-state index >= 15 is 0 Å². The molecule has 1 heterocycles. The lowest BCUT2D eigenvalue weighted by Crippen LogP contribution is -2.32. The molecule has 1 aliphatic rings. The molecule has 1 saturated carbocycles. The number of imidazole rings is 1. The van der Waals surface area contributed by atoms with E-state index in [0.29, 0.717) is 19.1 Å². The highest BCUT2D eigenvalue weighted by atomic mass is 16.5. The van der Waals surface area contributed by atoms with Crippen LogP contribution in [0.2, 0.25) is 0 Å². The number of aryl methyl sites for hydroxylation is 2. The Balaban J connectivity index is 1.31. The van der Waals surface area contributed by atoms with Crippen LogP contribution in [0.15, 0.2) is 48.5 Å². The van der Waals surface area contributed by atoms with Crippen LogP contribution in [-0.4, -0.2) is 28.6 Å². The molecule has 1 N–H and O–H groups in total. The number of nitrogens with one attached hydrogen (secondary N) is 1. The van der Waals surface area contributed by atoms with Crippen molar-refractivity contribution in [1.82, 2.24) is 14.9 Å². The number of fused-ring (bicyclic) bond motifs is 1. The predicted molar refractivity (Wildman–Crippen MR) is 138 cm³/mol. The normalized spacial score (nSPS) is 14.6. The summed E-state index contributed by atoms with van der Waals surface area (Å²) in [6.45, 7) is 6.66. The molecule has 182 valence electrons. The third kappa shape index (κ3) is 6.19. The molecule has 34 heavy (non-hydrogen) atoms. The second-order valence-electron chi connectivity index (χ2n) is 9.79. The number of ether oxygens (including phenoxy) is 1. The van der Waals surface area contributed by atoms with Crippen LogP contribution in [0.3, 0.4) is 0 Å². The summed E-state index contributed by atoms with van der Waals surface area (Å²) in [5, 5.41) is 3.16. The molecule has 0 radical (unpaired) electrons. The van der Waals surface area contributed by atoms with Crippen molar-refractivity contribution in [1.29, 1.82) is 0 Å². The van der Waals surface area contributed by atoms with Crippen LogP contribution >= 0.6 is 0 Å². The van der Waals surface area contributed by atoms with Crippen LogP contribution in [-0.2, 0) is 17.8 Å². The van der Waals surface area contributed by atoms with Crippen LogP contribution in [0.4, 0.5) is 0 Å². The van der Waals surface area contributed by atoms with Crippen molar-refractivity contribution in [3.63, 3.8) is 0 Å². The van der Waals surface area contributed by atoms with Gasteiger partial charge in [-0.25, -0.2) is 4.98 Å². The molecule has 0 atom stereocenters. The van der Waals surface area contributed by atoms with E-state index in [1.165, 1.54) is 30.3 Å². The van der Waals surface area contributed by atoms with E-state index in [0.717, 1.165) is 55.7 Å². The molecule has 1 aliphatic carbocycles. The molecule has 1 amide bonds. The fourth-order valence-electron chi connectivity index (χ4n) is 5.03. The van der Waals surface area contributed by atoms with Gasteiger partial charge < -0.3 is 14.6 Å². The van der Waals surface area contributed by atoms with Gasteiger partial charge in [0.25, 0.3) is 0 Å². The van der Waals surface area contributed by atoms with E-state index in [9.17, 15) is 4.79 Å². The van der Waals surface area contributed by atoms with Crippen LogP contribution in [0.1, 0.15) is 76.1 Å². The van der Waals surface area contributed by atoms with Crippen LogP contribution < -0.4 is 10.1 Å². The average Bonchev–Trinajstić information content (AvgIpc) is 3.22. The van der Waals surface area contributed by atoms with Crippen molar-refractivity contribution in [2.75, 3.05) is 13.2 Å². The maximum atomic E-state index is 12.4. The molecule has 0 bridgehead atoms. The van der Waals surface area contributed by atoms with Gasteiger partial charge in [-0.1, -0.05) is 63.4 Å². The lowest BCUT2D eigenvalue weighted by molar-refractivity contribution is -0.125. The van der Waals surface area contributed by atoms with Crippen molar-refractivity contribution < 1.29 is 9.53 Å². The first kappa shape index (κ1) is 24.3. The van der Waals surface area contributed by atoms with Crippen molar-refractivity contribution in [2.45, 2.75) is 77.7 Å². The molecular formula is C29H39N3O2. The van der Waals surface area contributed by atoms with Crippen LogP contribution in [0.25, 0.3) is 11.0 Å². The number of hydrogen-bond acceptors (Lipinski definition) is 3. The lowest BCUT2D eigenvalue weighted by atomic mass is 9.89. The quantitative estimate of drug-likeness (QED) is 0.343. The Kier molecular flexibility index (Phi) is 8.62. The highest BCUT2D eigenvalue weighted by Crippen LogP contribution is 2.26. The van der Waals surface area contributed by atoms with Crippen molar-refractivity contribution in [3.8, 4) is 5.75 Å². The van der Waals surface area contributed by atoms with Gasteiger partial charge in [-0.2, -0.15) is 0 Å². The summed E-state index contributed by atoms with van der Waals surface area (Å²) in [6.07, 6.45) is 8.42. The Labute approximate surface area is 203 Å². The first-order valence-electron chi connectivity index (χ1n) is 13.1. The van der Waals surface area contributed by atoms with Crippen LogP contribution in [0.5, 0.6) is 5.75 Å². The molecule has 5 nitrogen and oxygen atoms in total. The first-order chi connectivity index (χ1) is 16.6. The minimum atomic E-state index is 0.221. The van der Waals surface area contributed by atoms with E-state index in [-0.39, 0.29) is 11.8 Å². The maximum Gasteiger partial charge on any atom is 0.223 e. The number of carbonyl (C=O) groups is 1. The Bertz CT molecular complexity index is 1070. The smallest absolute Gasteiger partial charge is 0.223 e. The summed E-state index contributed by atoms with van der Waals surface area (Å²) < 4.78 is 8.48. The summed E-state index contributed by atoms with van der Waals surface area (Å²) >= 11 is 0. The average molecular weight is 462 g/mol. The summed E-state index contributed by atoms with van der Waals surface area (Å²) in [4.78, 5) is 17.3. The molecule has 4 rings (SSSR count). The fraction of sp³-hybridized carbons (Fsp3) is 0.517. The summed E-state index contributed by atoms with van der Waals surface area (Å²) in [7, 11) is 0. The maximum absolute atomic E-state index is 12.4. The zero-order chi connectivity index (χ0) is 23.8. The van der Waals surface area contributed by atoms with E-state index in [2.05, 4.69) is 60.1 Å². The van der Waals surface area contributed by atoms with Gasteiger partial charge in [0.05, 0.1) is 17.6 Å². The summed E-state index contributed by atoms with van der Waals surface area (Å²) in [5.74, 6) is 2.99.